The summed E-state index contributed by atoms with van der Waals surface area (Å²) in [6, 6.07) is 20.2. The maximum absolute atomic E-state index is 12.3. The SMILES string of the molecule is COc1cccc(Cc2cccc3nnn(NC(=O)OCc4ccccc4)c23)c1O. The highest BCUT2D eigenvalue weighted by Crippen LogP contribution is 2.32. The van der Waals surface area contributed by atoms with E-state index in [9.17, 15) is 9.90 Å². The molecule has 0 fully saturated rings. The summed E-state index contributed by atoms with van der Waals surface area (Å²) in [5, 5.41) is 18.5. The molecule has 0 spiro atoms. The van der Waals surface area contributed by atoms with Crippen molar-refractivity contribution in [3.8, 4) is 11.5 Å². The van der Waals surface area contributed by atoms with Gasteiger partial charge in [-0.1, -0.05) is 54.6 Å². The predicted octanol–water partition coefficient (Wildman–Crippen LogP) is 3.62. The van der Waals surface area contributed by atoms with Gasteiger partial charge in [0.25, 0.3) is 0 Å². The minimum Gasteiger partial charge on any atom is -0.504 e. The van der Waals surface area contributed by atoms with Crippen molar-refractivity contribution >= 4 is 17.1 Å². The Labute approximate surface area is 172 Å². The van der Waals surface area contributed by atoms with Gasteiger partial charge in [-0.15, -0.1) is 9.89 Å². The number of rotatable bonds is 6. The van der Waals surface area contributed by atoms with Crippen molar-refractivity contribution in [3.63, 3.8) is 0 Å². The van der Waals surface area contributed by atoms with E-state index in [1.165, 1.54) is 11.9 Å². The zero-order chi connectivity index (χ0) is 20.9. The van der Waals surface area contributed by atoms with E-state index in [2.05, 4.69) is 15.7 Å². The Hall–Kier alpha value is -4.07. The van der Waals surface area contributed by atoms with Crippen LogP contribution in [0, 0.1) is 0 Å². The molecule has 4 rings (SSSR count). The smallest absolute Gasteiger partial charge is 0.428 e. The molecule has 0 saturated heterocycles. The van der Waals surface area contributed by atoms with E-state index in [4.69, 9.17) is 9.47 Å². The van der Waals surface area contributed by atoms with Crippen LogP contribution in [-0.4, -0.2) is 33.4 Å². The number of fused-ring (bicyclic) bond motifs is 1. The molecule has 1 heterocycles. The second-order valence-electron chi connectivity index (χ2n) is 6.60. The van der Waals surface area contributed by atoms with E-state index in [1.807, 2.05) is 54.6 Å². The van der Waals surface area contributed by atoms with Gasteiger partial charge < -0.3 is 14.6 Å². The number of ether oxygens (including phenoxy) is 2. The van der Waals surface area contributed by atoms with E-state index in [0.717, 1.165) is 11.1 Å². The van der Waals surface area contributed by atoms with Crippen LogP contribution in [-0.2, 0) is 17.8 Å². The number of aromatic hydroxyl groups is 1. The summed E-state index contributed by atoms with van der Waals surface area (Å²) in [4.78, 5) is 13.5. The minimum atomic E-state index is -0.648. The molecule has 0 bridgehead atoms. The predicted molar refractivity (Wildman–Crippen MR) is 111 cm³/mol. The molecule has 8 heteroatoms. The topological polar surface area (TPSA) is 98.5 Å². The highest BCUT2D eigenvalue weighted by atomic mass is 16.6. The molecule has 3 aromatic carbocycles. The molecule has 0 aliphatic carbocycles. The van der Waals surface area contributed by atoms with Gasteiger partial charge in [0.2, 0.25) is 0 Å². The van der Waals surface area contributed by atoms with Crippen LogP contribution >= 0.6 is 0 Å². The molecular weight excluding hydrogens is 384 g/mol. The number of phenols is 1. The quantitative estimate of drug-likeness (QED) is 0.509. The zero-order valence-corrected chi connectivity index (χ0v) is 16.3. The van der Waals surface area contributed by atoms with Crippen molar-refractivity contribution in [2.24, 2.45) is 0 Å². The monoisotopic (exact) mass is 404 g/mol. The number of methoxy groups -OCH3 is 1. The van der Waals surface area contributed by atoms with E-state index < -0.39 is 6.09 Å². The Balaban J connectivity index is 1.56. The van der Waals surface area contributed by atoms with Crippen LogP contribution in [0.5, 0.6) is 11.5 Å². The molecule has 0 saturated carbocycles. The highest BCUT2D eigenvalue weighted by molar-refractivity contribution is 5.83. The number of phenolic OH excluding ortho intramolecular Hbond substituents is 1. The third-order valence-electron chi connectivity index (χ3n) is 4.65. The van der Waals surface area contributed by atoms with Crippen molar-refractivity contribution in [1.82, 2.24) is 15.1 Å². The molecule has 2 N–H and O–H groups in total. The molecule has 0 unspecified atom stereocenters. The molecule has 0 atom stereocenters. The first-order chi connectivity index (χ1) is 14.7. The maximum Gasteiger partial charge on any atom is 0.428 e. The Kier molecular flexibility index (Phi) is 5.47. The third kappa shape index (κ3) is 4.02. The Morgan fingerprint density at radius 2 is 1.80 bits per heavy atom. The summed E-state index contributed by atoms with van der Waals surface area (Å²) in [5.41, 5.74) is 6.21. The fourth-order valence-corrected chi connectivity index (χ4v) is 3.18. The van der Waals surface area contributed by atoms with Gasteiger partial charge in [-0.05, 0) is 28.5 Å². The second kappa shape index (κ2) is 8.52. The Morgan fingerprint density at radius 1 is 1.03 bits per heavy atom. The lowest BCUT2D eigenvalue weighted by Gasteiger charge is -2.11. The Bertz CT molecular complexity index is 1170. The molecule has 1 aromatic heterocycles. The van der Waals surface area contributed by atoms with Gasteiger partial charge in [0.1, 0.15) is 17.6 Å². The first-order valence-corrected chi connectivity index (χ1v) is 9.31. The minimum absolute atomic E-state index is 0.0752. The molecular formula is C22H20N4O4. The van der Waals surface area contributed by atoms with Crippen LogP contribution in [0.25, 0.3) is 11.0 Å². The van der Waals surface area contributed by atoms with Gasteiger partial charge in [0, 0.05) is 12.0 Å². The van der Waals surface area contributed by atoms with Crippen molar-refractivity contribution in [2.75, 3.05) is 12.5 Å². The normalized spacial score (nSPS) is 10.7. The standard InChI is InChI=1S/C22H20N4O4/c1-29-19-12-6-10-17(21(19)27)13-16-9-5-11-18-20(16)26(25-23-18)24-22(28)30-14-15-7-3-2-4-8-15/h2-12,27H,13-14H2,1H3,(H,24,28). The molecule has 0 radical (unpaired) electrons. The molecule has 152 valence electrons. The van der Waals surface area contributed by atoms with E-state index in [-0.39, 0.29) is 12.4 Å². The average molecular weight is 404 g/mol. The molecule has 8 nitrogen and oxygen atoms in total. The largest absolute Gasteiger partial charge is 0.504 e. The summed E-state index contributed by atoms with van der Waals surface area (Å²) in [7, 11) is 1.50. The lowest BCUT2D eigenvalue weighted by atomic mass is 10.0. The van der Waals surface area contributed by atoms with Gasteiger partial charge in [-0.25, -0.2) is 10.2 Å². The van der Waals surface area contributed by atoms with Crippen LogP contribution in [0.4, 0.5) is 4.79 Å². The van der Waals surface area contributed by atoms with Crippen LogP contribution in [0.1, 0.15) is 16.7 Å². The van der Waals surface area contributed by atoms with Gasteiger partial charge in [-0.2, -0.15) is 0 Å². The van der Waals surface area contributed by atoms with Crippen molar-refractivity contribution < 1.29 is 19.4 Å². The van der Waals surface area contributed by atoms with Crippen molar-refractivity contribution in [3.05, 3.63) is 83.4 Å². The molecule has 0 aliphatic heterocycles. The van der Waals surface area contributed by atoms with Gasteiger partial charge in [-0.3, -0.25) is 0 Å². The second-order valence-corrected chi connectivity index (χ2v) is 6.60. The maximum atomic E-state index is 12.3. The molecule has 4 aromatic rings. The summed E-state index contributed by atoms with van der Waals surface area (Å²) in [6.07, 6.45) is -0.251. The highest BCUT2D eigenvalue weighted by Gasteiger charge is 2.15. The first-order valence-electron chi connectivity index (χ1n) is 9.31. The number of nitrogens with zero attached hydrogens (tertiary/aromatic N) is 3. The molecule has 30 heavy (non-hydrogen) atoms. The third-order valence-corrected chi connectivity index (χ3v) is 4.65. The fraction of sp³-hybridized carbons (Fsp3) is 0.136. The lowest BCUT2D eigenvalue weighted by molar-refractivity contribution is 0.151. The Morgan fingerprint density at radius 3 is 2.60 bits per heavy atom. The number of nitrogens with one attached hydrogen (secondary N) is 1. The summed E-state index contributed by atoms with van der Waals surface area (Å²) in [6.45, 7) is 0.143. The van der Waals surface area contributed by atoms with Crippen molar-refractivity contribution in [2.45, 2.75) is 13.0 Å². The number of hydrogen-bond acceptors (Lipinski definition) is 6. The lowest BCUT2D eigenvalue weighted by Crippen LogP contribution is -2.25. The van der Waals surface area contributed by atoms with Gasteiger partial charge in [0.05, 0.1) is 7.11 Å². The number of carbonyl (C=O) groups is 1. The number of benzene rings is 3. The average Bonchev–Trinajstić information content (AvgIpc) is 3.18. The van der Waals surface area contributed by atoms with Gasteiger partial charge in [0.15, 0.2) is 11.5 Å². The van der Waals surface area contributed by atoms with E-state index in [1.54, 1.807) is 12.1 Å². The van der Waals surface area contributed by atoms with E-state index in [0.29, 0.717) is 28.8 Å². The number of carbonyl (C=O) groups excluding carboxylic acids is 1. The number of para-hydroxylation sites is 2. The fourth-order valence-electron chi connectivity index (χ4n) is 3.18. The molecule has 1 amide bonds. The number of aromatic nitrogens is 3. The van der Waals surface area contributed by atoms with Crippen molar-refractivity contribution in [1.29, 1.82) is 0 Å². The molecule has 0 aliphatic rings. The number of hydrogen-bond donors (Lipinski definition) is 2. The summed E-state index contributed by atoms with van der Waals surface area (Å²) >= 11 is 0. The first kappa shape index (κ1) is 19.3. The van der Waals surface area contributed by atoms with Crippen LogP contribution in [0.3, 0.4) is 0 Å². The van der Waals surface area contributed by atoms with Crippen LogP contribution < -0.4 is 10.2 Å². The van der Waals surface area contributed by atoms with Crippen LogP contribution in [0.2, 0.25) is 0 Å². The van der Waals surface area contributed by atoms with Crippen LogP contribution in [0.15, 0.2) is 66.7 Å². The zero-order valence-electron chi connectivity index (χ0n) is 16.3. The summed E-state index contributed by atoms with van der Waals surface area (Å²) < 4.78 is 10.4. The van der Waals surface area contributed by atoms with Gasteiger partial charge >= 0.3 is 6.09 Å². The summed E-state index contributed by atoms with van der Waals surface area (Å²) in [5.74, 6) is 0.472. The number of amides is 1. The van der Waals surface area contributed by atoms with E-state index >= 15 is 0 Å².